The Balaban J connectivity index is 1.71. The molecule has 0 spiro atoms. The fourth-order valence-corrected chi connectivity index (χ4v) is 4.38. The lowest BCUT2D eigenvalue weighted by Crippen LogP contribution is -2.58. The van der Waals surface area contributed by atoms with E-state index in [2.05, 4.69) is 16.0 Å². The molecule has 0 radical (unpaired) electrons. The van der Waals surface area contributed by atoms with E-state index < -0.39 is 59.9 Å². The summed E-state index contributed by atoms with van der Waals surface area (Å²) in [6.07, 6.45) is -1.48. The Labute approximate surface area is 279 Å². The average molecular weight is 662 g/mol. The van der Waals surface area contributed by atoms with E-state index in [0.717, 1.165) is 11.1 Å². The molecule has 13 nitrogen and oxygen atoms in total. The maximum atomic E-state index is 13.5. The number of primary amides is 2. The zero-order chi connectivity index (χ0) is 35.1. The van der Waals surface area contributed by atoms with Crippen molar-refractivity contribution in [3.8, 4) is 5.75 Å². The van der Waals surface area contributed by atoms with Crippen LogP contribution in [0.1, 0.15) is 43.9 Å². The van der Waals surface area contributed by atoms with Gasteiger partial charge in [0.25, 0.3) is 0 Å². The quantitative estimate of drug-likeness (QED) is 0.145. The second-order valence-corrected chi connectivity index (χ2v) is 12.0. The molecule has 0 fully saturated rings. The number of rotatable bonds is 17. The maximum absolute atomic E-state index is 13.5. The van der Waals surface area contributed by atoms with Crippen LogP contribution in [0.4, 0.5) is 4.79 Å². The third kappa shape index (κ3) is 13.5. The fraction of sp³-hybridized carbons (Fsp3) is 0.343. The van der Waals surface area contributed by atoms with Crippen LogP contribution in [0.5, 0.6) is 5.75 Å². The van der Waals surface area contributed by atoms with Gasteiger partial charge in [-0.05, 0) is 49.6 Å². The first kappa shape index (κ1) is 37.0. The molecule has 3 rings (SSSR count). The third-order valence-corrected chi connectivity index (χ3v) is 6.71. The smallest absolute Gasteiger partial charge is 0.408 e. The van der Waals surface area contributed by atoms with Gasteiger partial charge in [-0.2, -0.15) is 0 Å². The molecule has 7 N–H and O–H groups in total. The van der Waals surface area contributed by atoms with Crippen molar-refractivity contribution in [3.63, 3.8) is 0 Å². The van der Waals surface area contributed by atoms with E-state index in [0.29, 0.717) is 17.9 Å². The van der Waals surface area contributed by atoms with Gasteiger partial charge in [-0.25, -0.2) is 4.79 Å². The van der Waals surface area contributed by atoms with Crippen molar-refractivity contribution in [2.24, 2.45) is 11.5 Å². The Bertz CT molecular complexity index is 1510. The van der Waals surface area contributed by atoms with Crippen molar-refractivity contribution in [2.45, 2.75) is 70.6 Å². The molecule has 0 aromatic heterocycles. The number of alkyl carbamates (subject to hydrolysis) is 1. The Morgan fingerprint density at radius 1 is 0.667 bits per heavy atom. The number of nitrogens with two attached hydrogens (primary N) is 2. The van der Waals surface area contributed by atoms with Gasteiger partial charge >= 0.3 is 6.09 Å². The lowest BCUT2D eigenvalue weighted by Gasteiger charge is -2.25. The lowest BCUT2D eigenvalue weighted by atomic mass is 10.0. The molecular weight excluding hydrogens is 618 g/mol. The molecule has 0 aliphatic carbocycles. The van der Waals surface area contributed by atoms with Gasteiger partial charge in [0.05, 0.1) is 19.6 Å². The SMILES string of the molecule is CC(C)(C)OC(=O)N[C@H](CC(N)=O)C(=O)N[C@H](COCc1ccccc1)C(=O)N[C@@H](Cc1ccc(OCc2ccccc2)cc1)C(N)=O. The molecule has 13 heteroatoms. The summed E-state index contributed by atoms with van der Waals surface area (Å²) in [4.78, 5) is 63.4. The zero-order valence-electron chi connectivity index (χ0n) is 27.3. The first-order chi connectivity index (χ1) is 22.8. The van der Waals surface area contributed by atoms with E-state index in [1.165, 1.54) is 0 Å². The monoisotopic (exact) mass is 661 g/mol. The predicted octanol–water partition coefficient (Wildman–Crippen LogP) is 2.25. The second-order valence-electron chi connectivity index (χ2n) is 12.0. The molecule has 0 aliphatic rings. The summed E-state index contributed by atoms with van der Waals surface area (Å²) in [7, 11) is 0. The first-order valence-electron chi connectivity index (χ1n) is 15.3. The van der Waals surface area contributed by atoms with Gasteiger partial charge in [-0.1, -0.05) is 72.8 Å². The molecule has 0 saturated heterocycles. The molecule has 0 aliphatic heterocycles. The van der Waals surface area contributed by atoms with Crippen molar-refractivity contribution < 1.29 is 38.2 Å². The summed E-state index contributed by atoms with van der Waals surface area (Å²) >= 11 is 0. The lowest BCUT2D eigenvalue weighted by molar-refractivity contribution is -0.134. The number of amides is 5. The van der Waals surface area contributed by atoms with E-state index in [4.69, 9.17) is 25.7 Å². The molecule has 3 aromatic rings. The second kappa shape index (κ2) is 18.0. The summed E-state index contributed by atoms with van der Waals surface area (Å²) in [5.74, 6) is -2.74. The van der Waals surface area contributed by atoms with Gasteiger partial charge < -0.3 is 41.6 Å². The highest BCUT2D eigenvalue weighted by Crippen LogP contribution is 2.16. The minimum Gasteiger partial charge on any atom is -0.489 e. The molecular formula is C35H43N5O8. The number of benzene rings is 3. The first-order valence-corrected chi connectivity index (χ1v) is 15.3. The van der Waals surface area contributed by atoms with Crippen molar-refractivity contribution in [3.05, 3.63) is 102 Å². The molecule has 0 saturated carbocycles. The maximum Gasteiger partial charge on any atom is 0.408 e. The summed E-state index contributed by atoms with van der Waals surface area (Å²) < 4.78 is 16.7. The largest absolute Gasteiger partial charge is 0.489 e. The molecule has 256 valence electrons. The number of nitrogens with one attached hydrogen (secondary N) is 3. The van der Waals surface area contributed by atoms with Crippen LogP contribution >= 0.6 is 0 Å². The van der Waals surface area contributed by atoms with Crippen LogP contribution in [-0.4, -0.2) is 60.1 Å². The zero-order valence-corrected chi connectivity index (χ0v) is 27.3. The predicted molar refractivity (Wildman–Crippen MR) is 177 cm³/mol. The Morgan fingerprint density at radius 3 is 1.75 bits per heavy atom. The number of hydrogen-bond acceptors (Lipinski definition) is 8. The summed E-state index contributed by atoms with van der Waals surface area (Å²) in [5, 5.41) is 7.40. The molecule has 0 unspecified atom stereocenters. The van der Waals surface area contributed by atoms with E-state index in [1.54, 1.807) is 45.0 Å². The highest BCUT2D eigenvalue weighted by molar-refractivity contribution is 5.95. The number of hydrogen-bond donors (Lipinski definition) is 5. The molecule has 0 bridgehead atoms. The van der Waals surface area contributed by atoms with Crippen molar-refractivity contribution >= 4 is 29.7 Å². The van der Waals surface area contributed by atoms with Crippen LogP contribution in [0.25, 0.3) is 0 Å². The fourth-order valence-electron chi connectivity index (χ4n) is 4.38. The molecule has 48 heavy (non-hydrogen) atoms. The van der Waals surface area contributed by atoms with Crippen LogP contribution in [0, 0.1) is 0 Å². The van der Waals surface area contributed by atoms with E-state index in [1.807, 2.05) is 60.7 Å². The van der Waals surface area contributed by atoms with E-state index >= 15 is 0 Å². The standard InChI is InChI=1S/C35H43N5O8/c1-35(2,3)48-34(45)40-28(19-30(36)41)32(43)39-29(22-46-20-24-10-6-4-7-11-24)33(44)38-27(31(37)42)18-23-14-16-26(17-15-23)47-21-25-12-8-5-9-13-25/h4-17,27-29H,18-22H2,1-3H3,(H2,36,41)(H2,37,42)(H,38,44)(H,39,43)(H,40,45)/t27-,28+,29+/m0/s1. The molecule has 0 heterocycles. The van der Waals surface area contributed by atoms with Gasteiger partial charge in [0.15, 0.2) is 0 Å². The van der Waals surface area contributed by atoms with Crippen LogP contribution in [0.3, 0.4) is 0 Å². The Kier molecular flexibility index (Phi) is 13.9. The molecule has 3 atom stereocenters. The van der Waals surface area contributed by atoms with Crippen LogP contribution < -0.4 is 32.2 Å². The van der Waals surface area contributed by atoms with Gasteiger partial charge in [-0.3, -0.25) is 19.2 Å². The summed E-state index contributed by atoms with van der Waals surface area (Å²) in [6, 6.07) is 21.8. The number of ether oxygens (including phenoxy) is 3. The van der Waals surface area contributed by atoms with Crippen LogP contribution in [0.2, 0.25) is 0 Å². The molecule has 3 aromatic carbocycles. The minimum atomic E-state index is -1.46. The van der Waals surface area contributed by atoms with Gasteiger partial charge in [0.1, 0.15) is 36.1 Å². The van der Waals surface area contributed by atoms with Crippen LogP contribution in [-0.2, 0) is 48.3 Å². The van der Waals surface area contributed by atoms with Crippen molar-refractivity contribution in [1.82, 2.24) is 16.0 Å². The van der Waals surface area contributed by atoms with Gasteiger partial charge in [-0.15, -0.1) is 0 Å². The number of carbonyl (C=O) groups is 5. The average Bonchev–Trinajstić information content (AvgIpc) is 3.03. The highest BCUT2D eigenvalue weighted by atomic mass is 16.6. The Hall–Kier alpha value is -5.43. The summed E-state index contributed by atoms with van der Waals surface area (Å²) in [6.45, 7) is 5.06. The van der Waals surface area contributed by atoms with Crippen molar-refractivity contribution in [1.29, 1.82) is 0 Å². The van der Waals surface area contributed by atoms with Crippen molar-refractivity contribution in [2.75, 3.05) is 6.61 Å². The van der Waals surface area contributed by atoms with Gasteiger partial charge in [0.2, 0.25) is 23.6 Å². The molecule has 5 amide bonds. The number of carbonyl (C=O) groups excluding carboxylic acids is 5. The minimum absolute atomic E-state index is 0.0517. The van der Waals surface area contributed by atoms with Gasteiger partial charge in [0, 0.05) is 6.42 Å². The third-order valence-electron chi connectivity index (χ3n) is 6.71. The van der Waals surface area contributed by atoms with E-state index in [9.17, 15) is 24.0 Å². The normalized spacial score (nSPS) is 12.9. The van der Waals surface area contributed by atoms with E-state index in [-0.39, 0.29) is 19.6 Å². The summed E-state index contributed by atoms with van der Waals surface area (Å²) in [5.41, 5.74) is 12.6. The van der Waals surface area contributed by atoms with Crippen LogP contribution in [0.15, 0.2) is 84.9 Å². The topological polar surface area (TPSA) is 201 Å². The highest BCUT2D eigenvalue weighted by Gasteiger charge is 2.31. The Morgan fingerprint density at radius 2 is 1.21 bits per heavy atom.